The third-order valence-electron chi connectivity index (χ3n) is 5.90. The molecule has 1 saturated heterocycles. The summed E-state index contributed by atoms with van der Waals surface area (Å²) in [4.78, 5) is 5.22. The van der Waals surface area contributed by atoms with Crippen LogP contribution in [0.1, 0.15) is 59.7 Å². The number of aromatic nitrogens is 2. The number of sulfonamides is 1. The highest BCUT2D eigenvalue weighted by Gasteiger charge is 2.27. The lowest BCUT2D eigenvalue weighted by Gasteiger charge is -2.26. The van der Waals surface area contributed by atoms with Gasteiger partial charge < -0.3 is 9.30 Å². The number of rotatable bonds is 7. The molecule has 1 aromatic carbocycles. The minimum Gasteiger partial charge on any atom is -0.381 e. The van der Waals surface area contributed by atoms with Crippen LogP contribution in [0.4, 0.5) is 0 Å². The van der Waals surface area contributed by atoms with Crippen molar-refractivity contribution in [1.82, 2.24) is 13.9 Å². The Morgan fingerprint density at radius 1 is 1.23 bits per heavy atom. The lowest BCUT2D eigenvalue weighted by molar-refractivity contribution is 0.0611. The van der Waals surface area contributed by atoms with E-state index in [9.17, 15) is 8.42 Å². The van der Waals surface area contributed by atoms with Crippen molar-refractivity contribution in [3.63, 3.8) is 0 Å². The Kier molecular flexibility index (Phi) is 6.94. The molecule has 7 heteroatoms. The quantitative estimate of drug-likeness (QED) is 0.645. The van der Waals surface area contributed by atoms with Crippen LogP contribution in [0.2, 0.25) is 0 Å². The summed E-state index contributed by atoms with van der Waals surface area (Å²) in [6, 6.07) is 5.41. The first-order chi connectivity index (χ1) is 14.0. The molecule has 168 valence electrons. The van der Waals surface area contributed by atoms with Crippen LogP contribution in [0.15, 0.2) is 23.1 Å². The van der Waals surface area contributed by atoms with Crippen LogP contribution < -0.4 is 0 Å². The van der Waals surface area contributed by atoms with Gasteiger partial charge in [0, 0.05) is 38.8 Å². The predicted molar refractivity (Wildman–Crippen MR) is 121 cm³/mol. The van der Waals surface area contributed by atoms with Crippen molar-refractivity contribution < 1.29 is 13.2 Å². The second kappa shape index (κ2) is 8.97. The fraction of sp³-hybridized carbons (Fsp3) is 0.696. The zero-order valence-corrected chi connectivity index (χ0v) is 20.1. The molecule has 30 heavy (non-hydrogen) atoms. The minimum absolute atomic E-state index is 0.128. The summed E-state index contributed by atoms with van der Waals surface area (Å²) in [5, 5.41) is 0. The fourth-order valence-electron chi connectivity index (χ4n) is 3.95. The molecule has 0 amide bonds. The Labute approximate surface area is 181 Å². The lowest BCUT2D eigenvalue weighted by atomic mass is 9.94. The monoisotopic (exact) mass is 435 g/mol. The molecular formula is C23H37N3O3S. The molecule has 0 aliphatic carbocycles. The molecule has 1 aromatic heterocycles. The average molecular weight is 436 g/mol. The maximum absolute atomic E-state index is 13.1. The molecule has 2 aromatic rings. The first kappa shape index (κ1) is 23.2. The Balaban J connectivity index is 1.98. The Hall–Kier alpha value is -1.44. The zero-order chi connectivity index (χ0) is 22.1. The number of benzene rings is 1. The maximum Gasteiger partial charge on any atom is 0.242 e. The Bertz CT molecular complexity index is 967. The van der Waals surface area contributed by atoms with E-state index in [1.807, 2.05) is 6.07 Å². The van der Waals surface area contributed by atoms with Crippen LogP contribution in [-0.4, -0.2) is 49.1 Å². The number of hydrogen-bond acceptors (Lipinski definition) is 4. The van der Waals surface area contributed by atoms with Gasteiger partial charge in [-0.3, -0.25) is 0 Å². The van der Waals surface area contributed by atoms with Crippen molar-refractivity contribution in [2.75, 3.05) is 26.8 Å². The third kappa shape index (κ3) is 5.06. The molecule has 0 spiro atoms. The van der Waals surface area contributed by atoms with E-state index in [0.717, 1.165) is 55.9 Å². The summed E-state index contributed by atoms with van der Waals surface area (Å²) in [6.07, 6.45) is 2.94. The standard InChI is InChI=1S/C23H37N3O3S/c1-17(2)9-12-25(6)30(27,28)19-7-8-21-20(15-19)24-22(23(3,4)5)26(21)16-18-10-13-29-14-11-18/h7-8,15,17-18H,9-14,16H2,1-6H3. The summed E-state index contributed by atoms with van der Waals surface area (Å²) in [5.41, 5.74) is 1.64. The summed E-state index contributed by atoms with van der Waals surface area (Å²) in [5.74, 6) is 2.02. The molecule has 1 aliphatic rings. The number of ether oxygens (including phenoxy) is 1. The Morgan fingerprint density at radius 3 is 2.50 bits per heavy atom. The van der Waals surface area contributed by atoms with E-state index in [0.29, 0.717) is 23.3 Å². The Morgan fingerprint density at radius 2 is 1.90 bits per heavy atom. The van der Waals surface area contributed by atoms with Crippen LogP contribution in [0.3, 0.4) is 0 Å². The van der Waals surface area contributed by atoms with Gasteiger partial charge in [0.2, 0.25) is 10.0 Å². The van der Waals surface area contributed by atoms with E-state index in [1.54, 1.807) is 19.2 Å². The van der Waals surface area contributed by atoms with Gasteiger partial charge in [0.05, 0.1) is 15.9 Å². The number of hydrogen-bond donors (Lipinski definition) is 0. The average Bonchev–Trinajstić information content (AvgIpc) is 3.05. The minimum atomic E-state index is -3.52. The van der Waals surface area contributed by atoms with Gasteiger partial charge in [-0.2, -0.15) is 0 Å². The van der Waals surface area contributed by atoms with Crippen molar-refractivity contribution in [1.29, 1.82) is 0 Å². The van der Waals surface area contributed by atoms with Gasteiger partial charge in [-0.15, -0.1) is 0 Å². The second-order valence-corrected chi connectivity index (χ2v) is 12.1. The number of imidazole rings is 1. The molecular weight excluding hydrogens is 398 g/mol. The molecule has 3 rings (SSSR count). The normalized spacial score (nSPS) is 16.8. The molecule has 0 bridgehead atoms. The van der Waals surface area contributed by atoms with Crippen molar-refractivity contribution in [2.24, 2.45) is 11.8 Å². The molecule has 0 atom stereocenters. The third-order valence-corrected chi connectivity index (χ3v) is 7.75. The first-order valence-corrected chi connectivity index (χ1v) is 12.5. The van der Waals surface area contributed by atoms with Crippen LogP contribution >= 0.6 is 0 Å². The second-order valence-electron chi connectivity index (χ2n) is 10.0. The van der Waals surface area contributed by atoms with E-state index in [2.05, 4.69) is 39.2 Å². The van der Waals surface area contributed by atoms with E-state index in [4.69, 9.17) is 9.72 Å². The van der Waals surface area contributed by atoms with E-state index < -0.39 is 10.0 Å². The molecule has 2 heterocycles. The van der Waals surface area contributed by atoms with E-state index in [1.165, 1.54) is 4.31 Å². The van der Waals surface area contributed by atoms with Gasteiger partial charge in [0.15, 0.2) is 0 Å². The van der Waals surface area contributed by atoms with Gasteiger partial charge >= 0.3 is 0 Å². The highest BCUT2D eigenvalue weighted by molar-refractivity contribution is 7.89. The summed E-state index contributed by atoms with van der Waals surface area (Å²) in [6.45, 7) is 13.7. The number of fused-ring (bicyclic) bond motifs is 1. The van der Waals surface area contributed by atoms with Crippen LogP contribution in [0.25, 0.3) is 11.0 Å². The predicted octanol–water partition coefficient (Wildman–Crippen LogP) is 4.43. The maximum atomic E-state index is 13.1. The smallest absolute Gasteiger partial charge is 0.242 e. The van der Waals surface area contributed by atoms with Gasteiger partial charge in [-0.25, -0.2) is 17.7 Å². The molecule has 1 aliphatic heterocycles. The van der Waals surface area contributed by atoms with Gasteiger partial charge in [-0.05, 0) is 49.3 Å². The van der Waals surface area contributed by atoms with Crippen molar-refractivity contribution in [3.8, 4) is 0 Å². The molecule has 0 saturated carbocycles. The zero-order valence-electron chi connectivity index (χ0n) is 19.3. The van der Waals surface area contributed by atoms with Crippen molar-refractivity contribution >= 4 is 21.1 Å². The molecule has 1 fully saturated rings. The van der Waals surface area contributed by atoms with E-state index in [-0.39, 0.29) is 5.41 Å². The van der Waals surface area contributed by atoms with Crippen molar-refractivity contribution in [3.05, 3.63) is 24.0 Å². The highest BCUT2D eigenvalue weighted by Crippen LogP contribution is 2.30. The summed E-state index contributed by atoms with van der Waals surface area (Å²) >= 11 is 0. The van der Waals surface area contributed by atoms with Gasteiger partial charge in [-0.1, -0.05) is 34.6 Å². The SMILES string of the molecule is CC(C)CCN(C)S(=O)(=O)c1ccc2c(c1)nc(C(C)(C)C)n2CC1CCOCC1. The molecule has 0 radical (unpaired) electrons. The molecule has 0 N–H and O–H groups in total. The summed E-state index contributed by atoms with van der Waals surface area (Å²) in [7, 11) is -1.87. The summed E-state index contributed by atoms with van der Waals surface area (Å²) < 4.78 is 35.4. The fourth-order valence-corrected chi connectivity index (χ4v) is 5.16. The van der Waals surface area contributed by atoms with Crippen LogP contribution in [0.5, 0.6) is 0 Å². The largest absolute Gasteiger partial charge is 0.381 e. The lowest BCUT2D eigenvalue weighted by Crippen LogP contribution is -2.28. The molecule has 0 unspecified atom stereocenters. The van der Waals surface area contributed by atoms with Crippen LogP contribution in [-0.2, 0) is 26.7 Å². The van der Waals surface area contributed by atoms with Crippen molar-refractivity contribution in [2.45, 2.75) is 70.7 Å². The van der Waals surface area contributed by atoms with Gasteiger partial charge in [0.25, 0.3) is 0 Å². The van der Waals surface area contributed by atoms with Gasteiger partial charge in [0.1, 0.15) is 5.82 Å². The van der Waals surface area contributed by atoms with Crippen LogP contribution in [0, 0.1) is 11.8 Å². The van der Waals surface area contributed by atoms with E-state index >= 15 is 0 Å². The highest BCUT2D eigenvalue weighted by atomic mass is 32.2. The topological polar surface area (TPSA) is 64.4 Å². The first-order valence-electron chi connectivity index (χ1n) is 11.0. The molecule has 6 nitrogen and oxygen atoms in total. The number of nitrogens with zero attached hydrogens (tertiary/aromatic N) is 3.